The van der Waals surface area contributed by atoms with Gasteiger partial charge in [-0.15, -0.1) is 0 Å². The van der Waals surface area contributed by atoms with Crippen LogP contribution in [0.5, 0.6) is 11.6 Å². The standard InChI is InChI=1S/C13H16N4O/c1-17(2)13-15-8-7-12(16-13)18-11-6-4-3-5-10(11)9-14/h3-8H,9,14H2,1-2H3. The summed E-state index contributed by atoms with van der Waals surface area (Å²) in [5.74, 6) is 1.84. The van der Waals surface area contributed by atoms with E-state index in [0.29, 0.717) is 18.4 Å². The quantitative estimate of drug-likeness (QED) is 0.888. The van der Waals surface area contributed by atoms with E-state index in [4.69, 9.17) is 10.5 Å². The van der Waals surface area contributed by atoms with E-state index in [1.165, 1.54) is 0 Å². The van der Waals surface area contributed by atoms with Crippen molar-refractivity contribution in [2.75, 3.05) is 19.0 Å². The third-order valence-corrected chi connectivity index (χ3v) is 2.42. The Morgan fingerprint density at radius 1 is 1.22 bits per heavy atom. The van der Waals surface area contributed by atoms with Crippen LogP contribution in [0, 0.1) is 0 Å². The zero-order chi connectivity index (χ0) is 13.0. The van der Waals surface area contributed by atoms with Crippen molar-refractivity contribution < 1.29 is 4.74 Å². The Morgan fingerprint density at radius 3 is 2.72 bits per heavy atom. The predicted octanol–water partition coefficient (Wildman–Crippen LogP) is 1.79. The molecule has 5 nitrogen and oxygen atoms in total. The van der Waals surface area contributed by atoms with E-state index in [2.05, 4.69) is 9.97 Å². The summed E-state index contributed by atoms with van der Waals surface area (Å²) >= 11 is 0. The number of hydrogen-bond donors (Lipinski definition) is 1. The topological polar surface area (TPSA) is 64.3 Å². The van der Waals surface area contributed by atoms with Gasteiger partial charge in [-0.05, 0) is 6.07 Å². The number of ether oxygens (including phenoxy) is 1. The summed E-state index contributed by atoms with van der Waals surface area (Å²) in [6.07, 6.45) is 1.67. The summed E-state index contributed by atoms with van der Waals surface area (Å²) in [6, 6.07) is 9.37. The Hall–Kier alpha value is -2.14. The molecule has 5 heteroatoms. The molecule has 0 radical (unpaired) electrons. The van der Waals surface area contributed by atoms with Crippen LogP contribution in [0.4, 0.5) is 5.95 Å². The highest BCUT2D eigenvalue weighted by Crippen LogP contribution is 2.23. The third kappa shape index (κ3) is 2.75. The van der Waals surface area contributed by atoms with Crippen molar-refractivity contribution in [1.82, 2.24) is 9.97 Å². The molecule has 0 amide bonds. The van der Waals surface area contributed by atoms with E-state index >= 15 is 0 Å². The van der Waals surface area contributed by atoms with Gasteiger partial charge in [-0.1, -0.05) is 18.2 Å². The first-order valence-corrected chi connectivity index (χ1v) is 5.67. The van der Waals surface area contributed by atoms with Gasteiger partial charge in [-0.3, -0.25) is 0 Å². The summed E-state index contributed by atoms with van der Waals surface area (Å²) in [5.41, 5.74) is 6.61. The molecule has 1 aromatic heterocycles. The molecular formula is C13H16N4O. The molecule has 2 N–H and O–H groups in total. The highest BCUT2D eigenvalue weighted by molar-refractivity contribution is 5.37. The van der Waals surface area contributed by atoms with Crippen molar-refractivity contribution in [3.8, 4) is 11.6 Å². The van der Waals surface area contributed by atoms with E-state index in [9.17, 15) is 0 Å². The highest BCUT2D eigenvalue weighted by atomic mass is 16.5. The van der Waals surface area contributed by atoms with Crippen LogP contribution in [0.25, 0.3) is 0 Å². The molecule has 1 heterocycles. The lowest BCUT2D eigenvalue weighted by Crippen LogP contribution is -2.12. The first kappa shape index (κ1) is 12.3. The molecule has 0 aliphatic rings. The van der Waals surface area contributed by atoms with Crippen molar-refractivity contribution >= 4 is 5.95 Å². The molecule has 0 fully saturated rings. The number of nitrogens with zero attached hydrogens (tertiary/aromatic N) is 3. The minimum Gasteiger partial charge on any atom is -0.439 e. The Labute approximate surface area is 106 Å². The average molecular weight is 244 g/mol. The molecule has 0 aliphatic heterocycles. The Balaban J connectivity index is 2.25. The monoisotopic (exact) mass is 244 g/mol. The van der Waals surface area contributed by atoms with Crippen LogP contribution in [0.15, 0.2) is 36.5 Å². The zero-order valence-corrected chi connectivity index (χ0v) is 10.5. The van der Waals surface area contributed by atoms with Gasteiger partial charge in [0.05, 0.1) is 0 Å². The summed E-state index contributed by atoms with van der Waals surface area (Å²) in [4.78, 5) is 10.2. The SMILES string of the molecule is CN(C)c1nccc(Oc2ccccc2CN)n1. The lowest BCUT2D eigenvalue weighted by atomic mass is 10.2. The van der Waals surface area contributed by atoms with E-state index < -0.39 is 0 Å². The van der Waals surface area contributed by atoms with E-state index in [0.717, 1.165) is 11.3 Å². The normalized spacial score (nSPS) is 10.2. The molecule has 0 atom stereocenters. The first-order valence-electron chi connectivity index (χ1n) is 5.67. The van der Waals surface area contributed by atoms with Crippen LogP contribution in [0.3, 0.4) is 0 Å². The maximum absolute atomic E-state index is 5.73. The van der Waals surface area contributed by atoms with Crippen LogP contribution >= 0.6 is 0 Å². The van der Waals surface area contributed by atoms with Gasteiger partial charge < -0.3 is 15.4 Å². The van der Waals surface area contributed by atoms with E-state index in [1.807, 2.05) is 43.3 Å². The molecule has 2 rings (SSSR count). The molecule has 18 heavy (non-hydrogen) atoms. The lowest BCUT2D eigenvalue weighted by molar-refractivity contribution is 0.456. The summed E-state index contributed by atoms with van der Waals surface area (Å²) in [5, 5.41) is 0. The Kier molecular flexibility index (Phi) is 3.74. The Morgan fingerprint density at radius 2 is 2.00 bits per heavy atom. The molecule has 0 spiro atoms. The smallest absolute Gasteiger partial charge is 0.228 e. The zero-order valence-electron chi connectivity index (χ0n) is 10.5. The largest absolute Gasteiger partial charge is 0.439 e. The van der Waals surface area contributed by atoms with Crippen LogP contribution < -0.4 is 15.4 Å². The molecule has 2 aromatic rings. The lowest BCUT2D eigenvalue weighted by Gasteiger charge is -2.12. The second-order valence-corrected chi connectivity index (χ2v) is 4.00. The van der Waals surface area contributed by atoms with Gasteiger partial charge in [0.15, 0.2) is 0 Å². The third-order valence-electron chi connectivity index (χ3n) is 2.42. The first-order chi connectivity index (χ1) is 8.70. The second-order valence-electron chi connectivity index (χ2n) is 4.00. The number of anilines is 1. The van der Waals surface area contributed by atoms with E-state index in [-0.39, 0.29) is 0 Å². The van der Waals surface area contributed by atoms with Crippen molar-refractivity contribution in [3.05, 3.63) is 42.1 Å². The van der Waals surface area contributed by atoms with Crippen LogP contribution in [0.1, 0.15) is 5.56 Å². The number of aromatic nitrogens is 2. The molecule has 0 aliphatic carbocycles. The molecule has 0 saturated carbocycles. The minimum atomic E-state index is 0.432. The van der Waals surface area contributed by atoms with Gasteiger partial charge in [0.2, 0.25) is 11.8 Å². The number of para-hydroxylation sites is 1. The van der Waals surface area contributed by atoms with Crippen molar-refractivity contribution in [3.63, 3.8) is 0 Å². The average Bonchev–Trinajstić information content (AvgIpc) is 2.39. The predicted molar refractivity (Wildman–Crippen MR) is 70.8 cm³/mol. The maximum atomic E-state index is 5.73. The molecule has 0 bridgehead atoms. The molecule has 0 unspecified atom stereocenters. The maximum Gasteiger partial charge on any atom is 0.228 e. The number of rotatable bonds is 4. The second kappa shape index (κ2) is 5.46. The summed E-state index contributed by atoms with van der Waals surface area (Å²) in [7, 11) is 3.76. The van der Waals surface area contributed by atoms with E-state index in [1.54, 1.807) is 12.3 Å². The van der Waals surface area contributed by atoms with Gasteiger partial charge in [0.25, 0.3) is 0 Å². The van der Waals surface area contributed by atoms with Crippen LogP contribution in [0.2, 0.25) is 0 Å². The highest BCUT2D eigenvalue weighted by Gasteiger charge is 2.06. The summed E-state index contributed by atoms with van der Waals surface area (Å²) in [6.45, 7) is 0.432. The van der Waals surface area contributed by atoms with Crippen molar-refractivity contribution in [2.24, 2.45) is 5.73 Å². The van der Waals surface area contributed by atoms with Gasteiger partial charge in [0.1, 0.15) is 5.75 Å². The number of benzene rings is 1. The number of hydrogen-bond acceptors (Lipinski definition) is 5. The summed E-state index contributed by atoms with van der Waals surface area (Å²) < 4.78 is 5.73. The van der Waals surface area contributed by atoms with Gasteiger partial charge in [-0.2, -0.15) is 4.98 Å². The molecular weight excluding hydrogens is 228 g/mol. The Bertz CT molecular complexity index is 528. The fraction of sp³-hybridized carbons (Fsp3) is 0.231. The van der Waals surface area contributed by atoms with Crippen molar-refractivity contribution in [2.45, 2.75) is 6.54 Å². The van der Waals surface area contributed by atoms with Gasteiger partial charge >= 0.3 is 0 Å². The fourth-order valence-corrected chi connectivity index (χ4v) is 1.49. The van der Waals surface area contributed by atoms with Gasteiger partial charge in [-0.25, -0.2) is 4.98 Å². The van der Waals surface area contributed by atoms with Gasteiger partial charge in [0, 0.05) is 38.5 Å². The molecule has 0 saturated heterocycles. The van der Waals surface area contributed by atoms with Crippen LogP contribution in [-0.4, -0.2) is 24.1 Å². The minimum absolute atomic E-state index is 0.432. The fourth-order valence-electron chi connectivity index (χ4n) is 1.49. The molecule has 94 valence electrons. The van der Waals surface area contributed by atoms with Crippen LogP contribution in [-0.2, 0) is 6.54 Å². The number of nitrogens with two attached hydrogens (primary N) is 1. The van der Waals surface area contributed by atoms with Crippen molar-refractivity contribution in [1.29, 1.82) is 0 Å². The molecule has 1 aromatic carbocycles.